The van der Waals surface area contributed by atoms with E-state index in [0.717, 1.165) is 0 Å². The summed E-state index contributed by atoms with van der Waals surface area (Å²) in [6.45, 7) is 1.43. The fraction of sp³-hybridized carbons (Fsp3) is 0.333. The van der Waals surface area contributed by atoms with Crippen LogP contribution < -0.4 is 0 Å². The van der Waals surface area contributed by atoms with E-state index in [2.05, 4.69) is 0 Å². The Kier molecular flexibility index (Phi) is 31.2. The molecule has 0 heterocycles. The van der Waals surface area contributed by atoms with E-state index in [1.165, 1.54) is 6.92 Å². The van der Waals surface area contributed by atoms with E-state index < -0.39 is 6.16 Å². The normalized spacial score (nSPS) is 4.00. The van der Waals surface area contributed by atoms with Gasteiger partial charge in [0, 0.05) is 6.92 Å². The summed E-state index contributed by atoms with van der Waals surface area (Å²) in [5.41, 5.74) is 0. The van der Waals surface area contributed by atoms with Gasteiger partial charge < -0.3 is 10.2 Å². The summed E-state index contributed by atoms with van der Waals surface area (Å²) in [6, 6.07) is 1.75. The van der Waals surface area contributed by atoms with Crippen LogP contribution in [0.25, 0.3) is 0 Å². The zero-order valence-corrected chi connectivity index (χ0v) is 3.75. The molecular weight excluding hydrogens is 231 g/mol. The first-order chi connectivity index (χ1) is 3.15. The molecule has 8 heavy (non-hydrogen) atoms. The number of carboxylic acid groups (broad SMARTS) is 2. The topological polar surface area (TPSA) is 81.3 Å². The number of hydrogen-bond acceptors (Lipinski definition) is 2. The molecule has 0 aliphatic carbocycles. The summed E-state index contributed by atoms with van der Waals surface area (Å²) in [5, 5.41) is 21.3. The molecule has 0 amide bonds. The second-order valence-electron chi connectivity index (χ2n) is 0.506. The molecule has 0 aromatic carbocycles. The van der Waals surface area contributed by atoms with Crippen molar-refractivity contribution in [1.29, 1.82) is 5.26 Å². The quantitative estimate of drug-likeness (QED) is 0.626. The monoisotopic (exact) mass is 237 g/mol. The Morgan fingerprint density at radius 1 is 1.62 bits per heavy atom. The number of carbonyl (C=O) groups is 1. The first-order valence-corrected chi connectivity index (χ1v) is 1.37. The zero-order chi connectivity index (χ0) is 6.28. The van der Waals surface area contributed by atoms with Crippen molar-refractivity contribution in [3.05, 3.63) is 0 Å². The molecule has 0 rings (SSSR count). The Bertz CT molecular complexity index is 83.0. The predicted octanol–water partition coefficient (Wildman–Crippen LogP) is 0.104. The third kappa shape index (κ3) is 349. The van der Waals surface area contributed by atoms with Crippen molar-refractivity contribution in [2.24, 2.45) is 0 Å². The van der Waals surface area contributed by atoms with Crippen molar-refractivity contribution in [2.45, 2.75) is 6.92 Å². The molecule has 0 aliphatic heterocycles. The Labute approximate surface area is 106 Å². The van der Waals surface area contributed by atoms with Crippen molar-refractivity contribution in [1.82, 2.24) is 0 Å². The van der Waals surface area contributed by atoms with E-state index in [-0.39, 0.29) is 68.9 Å². The van der Waals surface area contributed by atoms with Gasteiger partial charge in [0.1, 0.15) is 0 Å². The van der Waals surface area contributed by atoms with Gasteiger partial charge in [0.15, 0.2) is 0 Å². The van der Waals surface area contributed by atoms with E-state index in [9.17, 15) is 0 Å². The van der Waals surface area contributed by atoms with Crippen LogP contribution >= 0.6 is 0 Å². The van der Waals surface area contributed by atoms with Gasteiger partial charge in [-0.15, -0.1) is 0 Å². The Morgan fingerprint density at radius 2 is 1.62 bits per heavy atom. The molecule has 4 nitrogen and oxygen atoms in total. The summed E-state index contributed by atoms with van der Waals surface area (Å²) in [7, 11) is 0. The van der Waals surface area contributed by atoms with Crippen LogP contribution in [-0.2, 0) is 0 Å². The molecule has 42 valence electrons. The van der Waals surface area contributed by atoms with E-state index in [1.54, 1.807) is 6.07 Å². The summed E-state index contributed by atoms with van der Waals surface area (Å²) in [6.07, 6.45) is -1.83. The van der Waals surface area contributed by atoms with Gasteiger partial charge in [-0.3, -0.25) is 0 Å². The minimum atomic E-state index is -1.83. The fourth-order valence-electron chi connectivity index (χ4n) is 0. The minimum absolute atomic E-state index is 0. The van der Waals surface area contributed by atoms with Crippen LogP contribution in [0.15, 0.2) is 0 Å². The van der Waals surface area contributed by atoms with E-state index in [1.807, 2.05) is 0 Å². The van der Waals surface area contributed by atoms with Crippen molar-refractivity contribution < 1.29 is 15.0 Å². The number of rotatable bonds is 0. The van der Waals surface area contributed by atoms with Gasteiger partial charge in [0.25, 0.3) is 0 Å². The summed E-state index contributed by atoms with van der Waals surface area (Å²) in [5.74, 6) is 0. The fourth-order valence-corrected chi connectivity index (χ4v) is 0. The molecule has 0 bridgehead atoms. The van der Waals surface area contributed by atoms with E-state index in [4.69, 9.17) is 20.3 Å². The molecule has 0 fully saturated rings. The van der Waals surface area contributed by atoms with Crippen LogP contribution in [0, 0.1) is 11.3 Å². The predicted molar refractivity (Wildman–Crippen MR) is 29.1 cm³/mol. The molecule has 0 atom stereocenters. The van der Waals surface area contributed by atoms with Crippen LogP contribution in [0.3, 0.4) is 0 Å². The van der Waals surface area contributed by atoms with Crippen molar-refractivity contribution in [3.8, 4) is 6.07 Å². The average molecular weight is 237 g/mol. The zero-order valence-electron chi connectivity index (χ0n) is 3.75. The first kappa shape index (κ1) is 15.9. The van der Waals surface area contributed by atoms with Crippen molar-refractivity contribution in [3.63, 3.8) is 0 Å². The van der Waals surface area contributed by atoms with Crippen LogP contribution in [0.1, 0.15) is 6.92 Å². The standard InChI is InChI=1S/C2H3N.CH2O3.Cs.H/c1-2-3;2-1(3)4;;/h1H3;(H2,2,3,4);;. The Morgan fingerprint density at radius 3 is 1.62 bits per heavy atom. The van der Waals surface area contributed by atoms with Gasteiger partial charge in [-0.05, 0) is 0 Å². The van der Waals surface area contributed by atoms with Gasteiger partial charge in [-0.25, -0.2) is 4.79 Å². The van der Waals surface area contributed by atoms with Crippen LogP contribution in [0.2, 0.25) is 0 Å². The molecule has 0 spiro atoms. The van der Waals surface area contributed by atoms with Gasteiger partial charge in [0.2, 0.25) is 0 Å². The molecule has 0 unspecified atom stereocenters. The van der Waals surface area contributed by atoms with Crippen LogP contribution in [0.4, 0.5) is 4.79 Å². The maximum absolute atomic E-state index is 8.56. The Hall–Kier alpha value is 0.812. The van der Waals surface area contributed by atoms with E-state index in [0.29, 0.717) is 0 Å². The number of hydrogen-bond donors (Lipinski definition) is 2. The molecule has 0 saturated carbocycles. The molecule has 5 heteroatoms. The van der Waals surface area contributed by atoms with Gasteiger partial charge >= 0.3 is 75.0 Å². The van der Waals surface area contributed by atoms with Crippen molar-refractivity contribution in [2.75, 3.05) is 0 Å². The molecule has 0 aromatic rings. The van der Waals surface area contributed by atoms with Crippen LogP contribution in [0.5, 0.6) is 0 Å². The SMILES string of the molecule is CC#N.O=C(O)O.[CsH]. The first-order valence-electron chi connectivity index (χ1n) is 1.37. The van der Waals surface area contributed by atoms with Crippen LogP contribution in [-0.4, -0.2) is 85.3 Å². The summed E-state index contributed by atoms with van der Waals surface area (Å²) < 4.78 is 0. The average Bonchev–Trinajstić information content (AvgIpc) is 1.33. The van der Waals surface area contributed by atoms with Gasteiger partial charge in [-0.2, -0.15) is 5.26 Å². The number of nitriles is 1. The van der Waals surface area contributed by atoms with Crippen molar-refractivity contribution >= 4 is 75.0 Å². The molecule has 0 aliphatic rings. The third-order valence-corrected chi connectivity index (χ3v) is 0. The molecule has 0 saturated heterocycles. The summed E-state index contributed by atoms with van der Waals surface area (Å²) >= 11 is 0. The summed E-state index contributed by atoms with van der Waals surface area (Å²) in [4.78, 5) is 8.56. The molecular formula is C3H6CsNO3. The van der Waals surface area contributed by atoms with E-state index >= 15 is 0 Å². The Balaban J connectivity index is -0.0000000575. The molecule has 0 aromatic heterocycles. The van der Waals surface area contributed by atoms with Gasteiger partial charge in [-0.1, -0.05) is 0 Å². The second kappa shape index (κ2) is 15.7. The maximum atomic E-state index is 8.56. The third-order valence-electron chi connectivity index (χ3n) is 0. The molecule has 0 radical (unpaired) electrons. The van der Waals surface area contributed by atoms with Gasteiger partial charge in [0.05, 0.1) is 6.07 Å². The second-order valence-corrected chi connectivity index (χ2v) is 0.506. The number of nitrogens with zero attached hydrogens (tertiary/aromatic N) is 1. The molecule has 2 N–H and O–H groups in total.